The van der Waals surface area contributed by atoms with Gasteiger partial charge in [0.1, 0.15) is 5.82 Å². The molecule has 20 heavy (non-hydrogen) atoms. The lowest BCUT2D eigenvalue weighted by molar-refractivity contribution is 0.131. The lowest BCUT2D eigenvalue weighted by Crippen LogP contribution is -2.25. The minimum Gasteiger partial charge on any atom is -0.392 e. The summed E-state index contributed by atoms with van der Waals surface area (Å²) in [5.74, 6) is 1.30. The number of aromatic nitrogens is 2. The van der Waals surface area contributed by atoms with E-state index in [0.717, 1.165) is 25.2 Å². The van der Waals surface area contributed by atoms with Gasteiger partial charge in [-0.2, -0.15) is 0 Å². The quantitative estimate of drug-likeness (QED) is 0.916. The van der Waals surface area contributed by atoms with Crippen molar-refractivity contribution >= 4 is 11.3 Å². The lowest BCUT2D eigenvalue weighted by Gasteiger charge is -2.27. The molecule has 0 fully saturated rings. The molecule has 0 saturated carbocycles. The number of imidazole rings is 1. The van der Waals surface area contributed by atoms with Crippen LogP contribution in [0.15, 0.2) is 23.8 Å². The minimum atomic E-state index is -0.318. The van der Waals surface area contributed by atoms with E-state index in [4.69, 9.17) is 0 Å². The molecule has 2 aromatic rings. The van der Waals surface area contributed by atoms with Crippen LogP contribution in [0.5, 0.6) is 0 Å². The van der Waals surface area contributed by atoms with Crippen molar-refractivity contribution in [3.05, 3.63) is 40.1 Å². The predicted molar refractivity (Wildman–Crippen MR) is 82.2 cm³/mol. The highest BCUT2D eigenvalue weighted by atomic mass is 32.1. The summed E-state index contributed by atoms with van der Waals surface area (Å²) in [6, 6.07) is 2.20. The molecule has 4 heteroatoms. The van der Waals surface area contributed by atoms with Gasteiger partial charge in [0.15, 0.2) is 0 Å². The normalized spacial score (nSPS) is 19.8. The molecule has 0 saturated heterocycles. The third-order valence-corrected chi connectivity index (χ3v) is 5.22. The van der Waals surface area contributed by atoms with E-state index in [1.165, 1.54) is 23.3 Å². The zero-order chi connectivity index (χ0) is 13.9. The summed E-state index contributed by atoms with van der Waals surface area (Å²) >= 11 is 1.83. The van der Waals surface area contributed by atoms with E-state index in [1.807, 2.05) is 23.7 Å². The maximum absolute atomic E-state index is 10.7. The van der Waals surface area contributed by atoms with Crippen molar-refractivity contribution in [1.82, 2.24) is 9.55 Å². The molecule has 2 atom stereocenters. The van der Waals surface area contributed by atoms with Crippen molar-refractivity contribution in [3.8, 4) is 0 Å². The van der Waals surface area contributed by atoms with Crippen LogP contribution in [0.1, 0.15) is 48.4 Å². The Morgan fingerprint density at radius 2 is 2.45 bits per heavy atom. The largest absolute Gasteiger partial charge is 0.392 e. The molecule has 1 aliphatic carbocycles. The molecule has 1 aliphatic rings. The molecule has 0 bridgehead atoms. The molecule has 0 aliphatic heterocycles. The second-order valence-electron chi connectivity index (χ2n) is 5.61. The second-order valence-corrected chi connectivity index (χ2v) is 6.61. The molecular formula is C16H22N2OS. The second kappa shape index (κ2) is 6.10. The Balaban J connectivity index is 1.74. The number of fused-ring (bicyclic) bond motifs is 1. The van der Waals surface area contributed by atoms with Crippen LogP contribution in [0, 0.1) is 0 Å². The maximum atomic E-state index is 10.7. The molecule has 108 valence electrons. The van der Waals surface area contributed by atoms with Gasteiger partial charge in [0, 0.05) is 36.2 Å². The van der Waals surface area contributed by atoms with Gasteiger partial charge in [0.05, 0.1) is 6.10 Å². The van der Waals surface area contributed by atoms with Crippen molar-refractivity contribution in [3.63, 3.8) is 0 Å². The number of aliphatic hydroxyl groups excluding tert-OH is 1. The number of hydrogen-bond acceptors (Lipinski definition) is 3. The van der Waals surface area contributed by atoms with Crippen molar-refractivity contribution < 1.29 is 5.11 Å². The van der Waals surface area contributed by atoms with Crippen LogP contribution in [-0.2, 0) is 19.4 Å². The van der Waals surface area contributed by atoms with E-state index in [0.29, 0.717) is 6.42 Å². The lowest BCUT2D eigenvalue weighted by atomic mass is 9.82. The van der Waals surface area contributed by atoms with Crippen LogP contribution in [0.25, 0.3) is 0 Å². The summed E-state index contributed by atoms with van der Waals surface area (Å²) in [5, 5.41) is 12.8. The maximum Gasteiger partial charge on any atom is 0.111 e. The minimum absolute atomic E-state index is 0.289. The third-order valence-electron chi connectivity index (χ3n) is 4.22. The SMILES string of the molecule is CCCn1ccnc1CC(O)C1CCCc2sccc21. The van der Waals surface area contributed by atoms with Gasteiger partial charge in [-0.1, -0.05) is 6.92 Å². The van der Waals surface area contributed by atoms with E-state index >= 15 is 0 Å². The Morgan fingerprint density at radius 3 is 3.30 bits per heavy atom. The number of aryl methyl sites for hydroxylation is 2. The van der Waals surface area contributed by atoms with Crippen molar-refractivity contribution in [1.29, 1.82) is 0 Å². The van der Waals surface area contributed by atoms with Crippen molar-refractivity contribution in [2.75, 3.05) is 0 Å². The molecule has 3 rings (SSSR count). The molecule has 0 radical (unpaired) electrons. The molecule has 2 aromatic heterocycles. The van der Waals surface area contributed by atoms with Crippen LogP contribution < -0.4 is 0 Å². The van der Waals surface area contributed by atoms with E-state index < -0.39 is 0 Å². The van der Waals surface area contributed by atoms with Gasteiger partial charge >= 0.3 is 0 Å². The van der Waals surface area contributed by atoms with Crippen LogP contribution in [0.3, 0.4) is 0 Å². The molecule has 2 unspecified atom stereocenters. The molecular weight excluding hydrogens is 268 g/mol. The van der Waals surface area contributed by atoms with Crippen molar-refractivity contribution in [2.45, 2.75) is 57.6 Å². The van der Waals surface area contributed by atoms with Crippen LogP contribution in [-0.4, -0.2) is 20.8 Å². The van der Waals surface area contributed by atoms with E-state index in [2.05, 4.69) is 27.9 Å². The van der Waals surface area contributed by atoms with Crippen molar-refractivity contribution in [2.24, 2.45) is 0 Å². The molecule has 1 N–H and O–H groups in total. The summed E-state index contributed by atoms with van der Waals surface area (Å²) in [7, 11) is 0. The molecule has 3 nitrogen and oxygen atoms in total. The molecule has 0 spiro atoms. The molecule has 0 amide bonds. The predicted octanol–water partition coefficient (Wildman–Crippen LogP) is 3.38. The van der Waals surface area contributed by atoms with Gasteiger partial charge in [0.2, 0.25) is 0 Å². The zero-order valence-corrected chi connectivity index (χ0v) is 12.8. The van der Waals surface area contributed by atoms with E-state index in [-0.39, 0.29) is 12.0 Å². The number of rotatable bonds is 5. The Labute approximate surface area is 124 Å². The number of nitrogens with zero attached hydrogens (tertiary/aromatic N) is 2. The highest BCUT2D eigenvalue weighted by molar-refractivity contribution is 7.10. The first-order valence-corrected chi connectivity index (χ1v) is 8.42. The van der Waals surface area contributed by atoms with Gasteiger partial charge < -0.3 is 9.67 Å². The first-order valence-electron chi connectivity index (χ1n) is 7.54. The van der Waals surface area contributed by atoms with Gasteiger partial charge in [-0.15, -0.1) is 11.3 Å². The first kappa shape index (κ1) is 13.8. The summed E-state index contributed by atoms with van der Waals surface area (Å²) in [6.45, 7) is 3.15. The number of thiophene rings is 1. The summed E-state index contributed by atoms with van der Waals surface area (Å²) in [5.41, 5.74) is 1.38. The van der Waals surface area contributed by atoms with E-state index in [1.54, 1.807) is 0 Å². The highest BCUT2D eigenvalue weighted by Crippen LogP contribution is 2.37. The Morgan fingerprint density at radius 1 is 1.55 bits per heavy atom. The standard InChI is InChI=1S/C16H22N2OS/c1-2-8-18-9-7-17-16(18)11-14(19)12-4-3-5-15-13(12)6-10-20-15/h6-7,9-10,12,14,19H,2-5,8,11H2,1H3. The van der Waals surface area contributed by atoms with E-state index in [9.17, 15) is 5.11 Å². The van der Waals surface area contributed by atoms with Crippen LogP contribution in [0.4, 0.5) is 0 Å². The van der Waals surface area contributed by atoms with Crippen LogP contribution in [0.2, 0.25) is 0 Å². The fourth-order valence-electron chi connectivity index (χ4n) is 3.23. The summed E-state index contributed by atoms with van der Waals surface area (Å²) < 4.78 is 2.17. The number of aliphatic hydroxyl groups is 1. The van der Waals surface area contributed by atoms with Crippen LogP contribution >= 0.6 is 11.3 Å². The molecule has 2 heterocycles. The average molecular weight is 290 g/mol. The zero-order valence-electron chi connectivity index (χ0n) is 12.0. The third kappa shape index (κ3) is 2.67. The van der Waals surface area contributed by atoms with Gasteiger partial charge in [-0.05, 0) is 42.7 Å². The molecule has 0 aromatic carbocycles. The Bertz CT molecular complexity index is 560. The monoisotopic (exact) mass is 290 g/mol. The Hall–Kier alpha value is -1.13. The number of hydrogen-bond donors (Lipinski definition) is 1. The van der Waals surface area contributed by atoms with Gasteiger partial charge in [-0.25, -0.2) is 4.98 Å². The summed E-state index contributed by atoms with van der Waals surface area (Å²) in [6.07, 6.45) is 8.77. The van der Waals surface area contributed by atoms with Gasteiger partial charge in [-0.3, -0.25) is 0 Å². The summed E-state index contributed by atoms with van der Waals surface area (Å²) in [4.78, 5) is 5.89. The highest BCUT2D eigenvalue weighted by Gasteiger charge is 2.28. The smallest absolute Gasteiger partial charge is 0.111 e. The fourth-order valence-corrected chi connectivity index (χ4v) is 4.22. The topological polar surface area (TPSA) is 38.0 Å². The average Bonchev–Trinajstić information content (AvgIpc) is 3.08. The first-order chi connectivity index (χ1) is 9.79. The fraction of sp³-hybridized carbons (Fsp3) is 0.562. The Kier molecular flexibility index (Phi) is 4.22. The van der Waals surface area contributed by atoms with Gasteiger partial charge in [0.25, 0.3) is 0 Å².